The Labute approximate surface area is 170 Å². The average molecular weight is 392 g/mol. The fourth-order valence-corrected chi connectivity index (χ4v) is 2.59. The molecule has 150 valence electrons. The molecule has 2 N–H and O–H groups in total. The van der Waals surface area contributed by atoms with Gasteiger partial charge in [0, 0.05) is 17.4 Å². The number of ether oxygens (including phenoxy) is 3. The molecule has 0 unspecified atom stereocenters. The Morgan fingerprint density at radius 3 is 2.10 bits per heavy atom. The SMILES string of the molecule is COc1cccc(NC(=O)CNc2ccc(OCCOc3ccccc3)cc2)c1. The summed E-state index contributed by atoms with van der Waals surface area (Å²) in [6.07, 6.45) is 0. The van der Waals surface area contributed by atoms with Crippen LogP contribution in [0.25, 0.3) is 0 Å². The van der Waals surface area contributed by atoms with E-state index in [9.17, 15) is 4.79 Å². The van der Waals surface area contributed by atoms with E-state index in [1.807, 2.05) is 72.8 Å². The number of para-hydroxylation sites is 1. The van der Waals surface area contributed by atoms with Crippen LogP contribution in [0.2, 0.25) is 0 Å². The number of anilines is 2. The zero-order chi connectivity index (χ0) is 20.3. The Bertz CT molecular complexity index is 898. The summed E-state index contributed by atoms with van der Waals surface area (Å²) >= 11 is 0. The summed E-state index contributed by atoms with van der Waals surface area (Å²) in [4.78, 5) is 12.1. The number of methoxy groups -OCH3 is 1. The highest BCUT2D eigenvalue weighted by Gasteiger charge is 2.04. The first kappa shape index (κ1) is 20.1. The molecule has 29 heavy (non-hydrogen) atoms. The van der Waals surface area contributed by atoms with E-state index in [-0.39, 0.29) is 12.5 Å². The minimum Gasteiger partial charge on any atom is -0.497 e. The highest BCUT2D eigenvalue weighted by atomic mass is 16.5. The lowest BCUT2D eigenvalue weighted by atomic mass is 10.3. The van der Waals surface area contributed by atoms with Crippen LogP contribution in [0, 0.1) is 0 Å². The molecular weight excluding hydrogens is 368 g/mol. The molecule has 1 amide bonds. The Morgan fingerprint density at radius 2 is 1.41 bits per heavy atom. The molecule has 0 aromatic heterocycles. The lowest BCUT2D eigenvalue weighted by Gasteiger charge is -2.10. The third kappa shape index (κ3) is 6.77. The molecule has 0 atom stereocenters. The summed E-state index contributed by atoms with van der Waals surface area (Å²) in [5.41, 5.74) is 1.52. The van der Waals surface area contributed by atoms with Gasteiger partial charge in [-0.15, -0.1) is 0 Å². The van der Waals surface area contributed by atoms with Gasteiger partial charge >= 0.3 is 0 Å². The van der Waals surface area contributed by atoms with Crippen molar-refractivity contribution in [1.82, 2.24) is 0 Å². The van der Waals surface area contributed by atoms with Crippen molar-refractivity contribution in [3.63, 3.8) is 0 Å². The van der Waals surface area contributed by atoms with Crippen LogP contribution in [0.3, 0.4) is 0 Å². The maximum Gasteiger partial charge on any atom is 0.243 e. The second-order valence-electron chi connectivity index (χ2n) is 6.17. The summed E-state index contributed by atoms with van der Waals surface area (Å²) in [5, 5.41) is 5.91. The second-order valence-corrected chi connectivity index (χ2v) is 6.17. The Balaban J connectivity index is 1.37. The number of benzene rings is 3. The van der Waals surface area contributed by atoms with Gasteiger partial charge in [-0.2, -0.15) is 0 Å². The normalized spacial score (nSPS) is 10.1. The maximum atomic E-state index is 12.1. The number of rotatable bonds is 10. The molecule has 3 aromatic carbocycles. The molecule has 0 aliphatic rings. The van der Waals surface area contributed by atoms with E-state index in [1.165, 1.54) is 0 Å². The molecule has 0 bridgehead atoms. The van der Waals surface area contributed by atoms with Crippen molar-refractivity contribution >= 4 is 17.3 Å². The summed E-state index contributed by atoms with van der Waals surface area (Å²) in [5.74, 6) is 2.12. The predicted molar refractivity (Wildman–Crippen MR) is 114 cm³/mol. The molecule has 0 saturated carbocycles. The Morgan fingerprint density at radius 1 is 0.759 bits per heavy atom. The number of amides is 1. The predicted octanol–water partition coefficient (Wildman–Crippen LogP) is 4.20. The molecule has 0 spiro atoms. The third-order valence-electron chi connectivity index (χ3n) is 4.02. The van der Waals surface area contributed by atoms with E-state index < -0.39 is 0 Å². The van der Waals surface area contributed by atoms with Gasteiger partial charge in [0.15, 0.2) is 0 Å². The van der Waals surface area contributed by atoms with Gasteiger partial charge in [-0.05, 0) is 48.5 Å². The molecule has 3 aromatic rings. The van der Waals surface area contributed by atoms with Gasteiger partial charge < -0.3 is 24.8 Å². The van der Waals surface area contributed by atoms with Crippen molar-refractivity contribution < 1.29 is 19.0 Å². The van der Waals surface area contributed by atoms with Crippen LogP contribution in [0.1, 0.15) is 0 Å². The van der Waals surface area contributed by atoms with Crippen molar-refractivity contribution in [2.45, 2.75) is 0 Å². The number of hydrogen-bond acceptors (Lipinski definition) is 5. The Kier molecular flexibility index (Phi) is 7.34. The quantitative estimate of drug-likeness (QED) is 0.506. The van der Waals surface area contributed by atoms with Crippen molar-refractivity contribution in [3.05, 3.63) is 78.9 Å². The van der Waals surface area contributed by atoms with Gasteiger partial charge in [0.2, 0.25) is 5.91 Å². The first-order valence-electron chi connectivity index (χ1n) is 9.31. The van der Waals surface area contributed by atoms with Crippen molar-refractivity contribution in [2.75, 3.05) is 37.5 Å². The molecule has 0 aliphatic carbocycles. The van der Waals surface area contributed by atoms with Crippen LogP contribution in [0.5, 0.6) is 17.2 Å². The summed E-state index contributed by atoms with van der Waals surface area (Å²) in [6, 6.07) is 24.3. The van der Waals surface area contributed by atoms with Crippen LogP contribution in [-0.2, 0) is 4.79 Å². The van der Waals surface area contributed by atoms with Crippen LogP contribution < -0.4 is 24.8 Å². The summed E-state index contributed by atoms with van der Waals surface area (Å²) in [6.45, 7) is 1.07. The van der Waals surface area contributed by atoms with Gasteiger partial charge in [-0.25, -0.2) is 0 Å². The lowest BCUT2D eigenvalue weighted by Crippen LogP contribution is -2.21. The molecule has 6 nitrogen and oxygen atoms in total. The maximum absolute atomic E-state index is 12.1. The third-order valence-corrected chi connectivity index (χ3v) is 4.02. The van der Waals surface area contributed by atoms with E-state index in [0.717, 1.165) is 17.2 Å². The molecule has 0 heterocycles. The van der Waals surface area contributed by atoms with E-state index in [1.54, 1.807) is 13.2 Å². The number of hydrogen-bond donors (Lipinski definition) is 2. The smallest absolute Gasteiger partial charge is 0.243 e. The van der Waals surface area contributed by atoms with Crippen LogP contribution in [0.15, 0.2) is 78.9 Å². The van der Waals surface area contributed by atoms with Crippen molar-refractivity contribution in [1.29, 1.82) is 0 Å². The van der Waals surface area contributed by atoms with E-state index >= 15 is 0 Å². The standard InChI is InChI=1S/C23H24N2O4/c1-27-22-9-5-6-19(16-22)25-23(26)17-24-18-10-12-21(13-11-18)29-15-14-28-20-7-3-2-4-8-20/h2-13,16,24H,14-15,17H2,1H3,(H,25,26). The molecule has 0 fully saturated rings. The first-order valence-corrected chi connectivity index (χ1v) is 9.31. The minimum absolute atomic E-state index is 0.142. The number of nitrogens with one attached hydrogen (secondary N) is 2. The van der Waals surface area contributed by atoms with Crippen LogP contribution in [0.4, 0.5) is 11.4 Å². The van der Waals surface area contributed by atoms with Gasteiger partial charge in [0.25, 0.3) is 0 Å². The van der Waals surface area contributed by atoms with E-state index in [0.29, 0.717) is 24.7 Å². The number of carbonyl (C=O) groups excluding carboxylic acids is 1. The summed E-state index contributed by atoms with van der Waals surface area (Å²) in [7, 11) is 1.59. The second kappa shape index (κ2) is 10.6. The van der Waals surface area contributed by atoms with Crippen molar-refractivity contribution in [3.8, 4) is 17.2 Å². The van der Waals surface area contributed by atoms with Crippen molar-refractivity contribution in [2.24, 2.45) is 0 Å². The fraction of sp³-hybridized carbons (Fsp3) is 0.174. The number of carbonyl (C=O) groups is 1. The minimum atomic E-state index is -0.142. The highest BCUT2D eigenvalue weighted by Crippen LogP contribution is 2.18. The van der Waals surface area contributed by atoms with Gasteiger partial charge in [-0.1, -0.05) is 24.3 Å². The molecule has 0 radical (unpaired) electrons. The van der Waals surface area contributed by atoms with Gasteiger partial charge in [0.1, 0.15) is 30.5 Å². The average Bonchev–Trinajstić information content (AvgIpc) is 2.77. The monoisotopic (exact) mass is 392 g/mol. The van der Waals surface area contributed by atoms with Gasteiger partial charge in [-0.3, -0.25) is 4.79 Å². The Hall–Kier alpha value is -3.67. The molecule has 0 aliphatic heterocycles. The largest absolute Gasteiger partial charge is 0.497 e. The molecule has 6 heteroatoms. The first-order chi connectivity index (χ1) is 14.2. The fourth-order valence-electron chi connectivity index (χ4n) is 2.59. The zero-order valence-corrected chi connectivity index (χ0v) is 16.3. The summed E-state index contributed by atoms with van der Waals surface area (Å²) < 4.78 is 16.4. The lowest BCUT2D eigenvalue weighted by molar-refractivity contribution is -0.114. The van der Waals surface area contributed by atoms with E-state index in [4.69, 9.17) is 14.2 Å². The zero-order valence-electron chi connectivity index (χ0n) is 16.3. The topological polar surface area (TPSA) is 68.8 Å². The molecular formula is C23H24N2O4. The van der Waals surface area contributed by atoms with Gasteiger partial charge in [0.05, 0.1) is 13.7 Å². The molecule has 3 rings (SSSR count). The van der Waals surface area contributed by atoms with E-state index in [2.05, 4.69) is 10.6 Å². The highest BCUT2D eigenvalue weighted by molar-refractivity contribution is 5.93. The van der Waals surface area contributed by atoms with Crippen LogP contribution >= 0.6 is 0 Å². The molecule has 0 saturated heterocycles. The van der Waals surface area contributed by atoms with Crippen LogP contribution in [-0.4, -0.2) is 32.8 Å².